The number of amides is 2. The van der Waals surface area contributed by atoms with E-state index in [4.69, 9.17) is 0 Å². The summed E-state index contributed by atoms with van der Waals surface area (Å²) in [5, 5.41) is 11.9. The number of carboxylic acid groups (broad SMARTS) is 1. The number of likely N-dealkylation sites (N-methyl/N-ethyl adjacent to an activating group) is 1. The van der Waals surface area contributed by atoms with Gasteiger partial charge in [-0.3, -0.25) is 9.59 Å². The van der Waals surface area contributed by atoms with Crippen LogP contribution in [0.4, 0.5) is 5.69 Å². The van der Waals surface area contributed by atoms with Gasteiger partial charge in [0.25, 0.3) is 11.8 Å². The number of fused-ring (bicyclic) bond motifs is 1. The van der Waals surface area contributed by atoms with E-state index in [1.807, 2.05) is 11.9 Å². The molecule has 2 heterocycles. The maximum atomic E-state index is 12.7. The third-order valence-electron chi connectivity index (χ3n) is 5.31. The Hall–Kier alpha value is -3.45. The number of anilines is 1. The van der Waals surface area contributed by atoms with Crippen LogP contribution >= 0.6 is 0 Å². The highest BCUT2D eigenvalue weighted by molar-refractivity contribution is 6.35. The van der Waals surface area contributed by atoms with Gasteiger partial charge in [0.15, 0.2) is 0 Å². The van der Waals surface area contributed by atoms with Crippen LogP contribution in [0.5, 0.6) is 0 Å². The Bertz CT molecular complexity index is 1020. The van der Waals surface area contributed by atoms with Crippen molar-refractivity contribution < 1.29 is 19.5 Å². The Kier molecular flexibility index (Phi) is 4.90. The van der Waals surface area contributed by atoms with E-state index in [1.165, 1.54) is 12.1 Å². The number of rotatable bonds is 3. The van der Waals surface area contributed by atoms with E-state index in [9.17, 15) is 19.5 Å². The van der Waals surface area contributed by atoms with Crippen molar-refractivity contribution in [2.75, 3.05) is 38.5 Å². The van der Waals surface area contributed by atoms with Gasteiger partial charge in [-0.2, -0.15) is 0 Å². The summed E-state index contributed by atoms with van der Waals surface area (Å²) in [7, 11) is 2.04. The molecule has 2 aromatic carbocycles. The van der Waals surface area contributed by atoms with Crippen molar-refractivity contribution in [2.45, 2.75) is 0 Å². The molecule has 7 heteroatoms. The Labute approximate surface area is 168 Å². The molecule has 2 N–H and O–H groups in total. The maximum Gasteiger partial charge on any atom is 0.335 e. The fourth-order valence-electron chi connectivity index (χ4n) is 3.55. The van der Waals surface area contributed by atoms with Crippen molar-refractivity contribution >= 4 is 35.1 Å². The maximum absolute atomic E-state index is 12.7. The predicted octanol–water partition coefficient (Wildman–Crippen LogP) is 2.27. The quantitative estimate of drug-likeness (QED) is 0.784. The Balaban J connectivity index is 1.57. The van der Waals surface area contributed by atoms with Crippen LogP contribution in [0.1, 0.15) is 31.8 Å². The molecule has 148 valence electrons. The van der Waals surface area contributed by atoms with E-state index in [1.54, 1.807) is 36.4 Å². The number of nitrogens with zero attached hydrogens (tertiary/aromatic N) is 2. The van der Waals surface area contributed by atoms with E-state index in [2.05, 4.69) is 10.2 Å². The molecule has 2 amide bonds. The first kappa shape index (κ1) is 18.9. The summed E-state index contributed by atoms with van der Waals surface area (Å²) in [5.74, 6) is -1.31. The molecule has 2 aromatic rings. The smallest absolute Gasteiger partial charge is 0.335 e. The lowest BCUT2D eigenvalue weighted by Crippen LogP contribution is -2.47. The van der Waals surface area contributed by atoms with Gasteiger partial charge >= 0.3 is 5.97 Å². The molecule has 29 heavy (non-hydrogen) atoms. The zero-order chi connectivity index (χ0) is 20.5. The Morgan fingerprint density at radius 3 is 2.31 bits per heavy atom. The molecule has 0 aromatic heterocycles. The monoisotopic (exact) mass is 391 g/mol. The van der Waals surface area contributed by atoms with E-state index in [-0.39, 0.29) is 17.4 Å². The van der Waals surface area contributed by atoms with Crippen molar-refractivity contribution in [3.05, 3.63) is 64.7 Å². The molecule has 2 aliphatic rings. The number of hydrogen-bond donors (Lipinski definition) is 2. The van der Waals surface area contributed by atoms with Crippen molar-refractivity contribution in [3.63, 3.8) is 0 Å². The molecule has 7 nitrogen and oxygen atoms in total. The average Bonchev–Trinajstić information content (AvgIpc) is 3.03. The summed E-state index contributed by atoms with van der Waals surface area (Å²) in [6, 6.07) is 11.7. The highest BCUT2D eigenvalue weighted by Crippen LogP contribution is 2.34. The van der Waals surface area contributed by atoms with Gasteiger partial charge in [-0.25, -0.2) is 4.79 Å². The van der Waals surface area contributed by atoms with Crippen LogP contribution in [0.2, 0.25) is 0 Å². The number of nitrogens with one attached hydrogen (secondary N) is 1. The third kappa shape index (κ3) is 3.77. The van der Waals surface area contributed by atoms with Gasteiger partial charge in [0, 0.05) is 48.6 Å². The number of hydrogen-bond acceptors (Lipinski definition) is 4. The number of aromatic carboxylic acids is 1. The summed E-state index contributed by atoms with van der Waals surface area (Å²) in [5.41, 5.74) is 3.06. The molecular formula is C22H21N3O4. The number of benzene rings is 2. The second-order valence-electron chi connectivity index (χ2n) is 7.30. The van der Waals surface area contributed by atoms with Gasteiger partial charge in [0.05, 0.1) is 5.56 Å². The van der Waals surface area contributed by atoms with Crippen LogP contribution in [0.3, 0.4) is 0 Å². The van der Waals surface area contributed by atoms with Gasteiger partial charge < -0.3 is 20.2 Å². The van der Waals surface area contributed by atoms with E-state index in [0.29, 0.717) is 35.5 Å². The van der Waals surface area contributed by atoms with Crippen LogP contribution in [-0.4, -0.2) is 65.9 Å². The van der Waals surface area contributed by atoms with Gasteiger partial charge in [-0.15, -0.1) is 0 Å². The molecule has 0 spiro atoms. The molecule has 0 bridgehead atoms. The topological polar surface area (TPSA) is 90.0 Å². The number of carboxylic acids is 1. The molecule has 2 aliphatic heterocycles. The predicted molar refractivity (Wildman–Crippen MR) is 110 cm³/mol. The van der Waals surface area contributed by atoms with E-state index in [0.717, 1.165) is 18.7 Å². The van der Waals surface area contributed by atoms with Gasteiger partial charge in [-0.1, -0.05) is 12.1 Å². The number of piperazine rings is 1. The van der Waals surface area contributed by atoms with Crippen LogP contribution in [0, 0.1) is 0 Å². The SMILES string of the molecule is CN1CCN(C(=O)c2ccc(/C=C3\C(=O)Nc4ccc(C(=O)O)cc43)cc2)CC1. The zero-order valence-electron chi connectivity index (χ0n) is 16.0. The second kappa shape index (κ2) is 7.52. The fourth-order valence-corrected chi connectivity index (χ4v) is 3.55. The Morgan fingerprint density at radius 1 is 1.00 bits per heavy atom. The van der Waals surface area contributed by atoms with Crippen LogP contribution in [0.25, 0.3) is 11.6 Å². The van der Waals surface area contributed by atoms with Crippen molar-refractivity contribution in [2.24, 2.45) is 0 Å². The summed E-state index contributed by atoms with van der Waals surface area (Å²) >= 11 is 0. The molecule has 4 rings (SSSR count). The molecule has 0 atom stereocenters. The first-order chi connectivity index (χ1) is 13.9. The molecule has 0 saturated carbocycles. The molecule has 1 fully saturated rings. The van der Waals surface area contributed by atoms with E-state index < -0.39 is 5.97 Å². The molecule has 0 unspecified atom stereocenters. The summed E-state index contributed by atoms with van der Waals surface area (Å²) < 4.78 is 0. The number of carbonyl (C=O) groups is 3. The van der Waals surface area contributed by atoms with Gasteiger partial charge in [0.1, 0.15) is 0 Å². The van der Waals surface area contributed by atoms with Crippen LogP contribution in [-0.2, 0) is 4.79 Å². The highest BCUT2D eigenvalue weighted by atomic mass is 16.4. The normalized spacial score (nSPS) is 17.9. The van der Waals surface area contributed by atoms with Crippen molar-refractivity contribution in [1.29, 1.82) is 0 Å². The highest BCUT2D eigenvalue weighted by Gasteiger charge is 2.25. The molecule has 0 radical (unpaired) electrons. The van der Waals surface area contributed by atoms with Crippen LogP contribution < -0.4 is 5.32 Å². The first-order valence-corrected chi connectivity index (χ1v) is 9.41. The van der Waals surface area contributed by atoms with Crippen molar-refractivity contribution in [3.8, 4) is 0 Å². The zero-order valence-corrected chi connectivity index (χ0v) is 16.0. The molecular weight excluding hydrogens is 370 g/mol. The van der Waals surface area contributed by atoms with Gasteiger partial charge in [0.2, 0.25) is 0 Å². The lowest BCUT2D eigenvalue weighted by atomic mass is 10.0. The standard InChI is InChI=1S/C22H21N3O4/c1-24-8-10-25(11-9-24)21(27)15-4-2-14(3-5-15)12-18-17-13-16(22(28)29)6-7-19(17)23-20(18)26/h2-7,12-13H,8-11H2,1H3,(H,23,26)(H,28,29)/b18-12-. The summed E-state index contributed by atoms with van der Waals surface area (Å²) in [4.78, 5) is 40.3. The lowest BCUT2D eigenvalue weighted by molar-refractivity contribution is -0.110. The largest absolute Gasteiger partial charge is 0.478 e. The van der Waals surface area contributed by atoms with Crippen molar-refractivity contribution in [1.82, 2.24) is 9.80 Å². The minimum Gasteiger partial charge on any atom is -0.478 e. The molecule has 0 aliphatic carbocycles. The summed E-state index contributed by atoms with van der Waals surface area (Å²) in [6.45, 7) is 3.15. The first-order valence-electron chi connectivity index (χ1n) is 9.41. The number of carbonyl (C=O) groups excluding carboxylic acids is 2. The Morgan fingerprint density at radius 2 is 1.66 bits per heavy atom. The van der Waals surface area contributed by atoms with Gasteiger partial charge in [-0.05, 0) is 49.0 Å². The summed E-state index contributed by atoms with van der Waals surface area (Å²) in [6.07, 6.45) is 1.71. The molecule has 1 saturated heterocycles. The third-order valence-corrected chi connectivity index (χ3v) is 5.31. The lowest BCUT2D eigenvalue weighted by Gasteiger charge is -2.32. The minimum absolute atomic E-state index is 0.00681. The minimum atomic E-state index is -1.04. The van der Waals surface area contributed by atoms with Crippen LogP contribution in [0.15, 0.2) is 42.5 Å². The average molecular weight is 391 g/mol. The fraction of sp³-hybridized carbons (Fsp3) is 0.227. The van der Waals surface area contributed by atoms with E-state index >= 15 is 0 Å². The second-order valence-corrected chi connectivity index (χ2v) is 7.30.